The molecule has 0 radical (unpaired) electrons. The summed E-state index contributed by atoms with van der Waals surface area (Å²) in [6.45, 7) is 0.655. The molecule has 0 aromatic heterocycles. The maximum absolute atomic E-state index is 13.5. The van der Waals surface area contributed by atoms with Crippen molar-refractivity contribution in [1.82, 2.24) is 10.6 Å². The predicted molar refractivity (Wildman–Crippen MR) is 96.3 cm³/mol. The zero-order valence-electron chi connectivity index (χ0n) is 12.7. The van der Waals surface area contributed by atoms with Crippen molar-refractivity contribution >= 4 is 29.9 Å². The molecule has 0 spiro atoms. The van der Waals surface area contributed by atoms with Crippen LogP contribution in [0.4, 0.5) is 4.39 Å². The van der Waals surface area contributed by atoms with Gasteiger partial charge in [0.25, 0.3) is 0 Å². The van der Waals surface area contributed by atoms with Crippen molar-refractivity contribution in [3.05, 3.63) is 35.6 Å². The number of aliphatic imine (C=N–C) groups is 1. The number of ether oxygens (including phenoxy) is 1. The van der Waals surface area contributed by atoms with Gasteiger partial charge in [-0.3, -0.25) is 4.99 Å². The van der Waals surface area contributed by atoms with Crippen molar-refractivity contribution in [3.8, 4) is 0 Å². The van der Waals surface area contributed by atoms with E-state index in [2.05, 4.69) is 15.6 Å². The van der Waals surface area contributed by atoms with Crippen LogP contribution in [0.5, 0.6) is 0 Å². The van der Waals surface area contributed by atoms with Crippen LogP contribution >= 0.6 is 24.0 Å². The summed E-state index contributed by atoms with van der Waals surface area (Å²) < 4.78 is 19.4. The molecular formula is C16H23FIN3O. The second kappa shape index (κ2) is 8.10. The highest BCUT2D eigenvalue weighted by molar-refractivity contribution is 14.0. The van der Waals surface area contributed by atoms with E-state index in [1.54, 1.807) is 13.1 Å². The van der Waals surface area contributed by atoms with Crippen molar-refractivity contribution in [3.63, 3.8) is 0 Å². The molecule has 1 aromatic carbocycles. The molecule has 0 aliphatic carbocycles. The van der Waals surface area contributed by atoms with Gasteiger partial charge in [0.2, 0.25) is 0 Å². The highest BCUT2D eigenvalue weighted by Crippen LogP contribution is 2.34. The lowest BCUT2D eigenvalue weighted by Gasteiger charge is -2.22. The van der Waals surface area contributed by atoms with Crippen LogP contribution in [0, 0.1) is 5.82 Å². The largest absolute Gasteiger partial charge is 0.373 e. The highest BCUT2D eigenvalue weighted by Gasteiger charge is 2.41. The maximum atomic E-state index is 13.5. The number of benzene rings is 1. The van der Waals surface area contributed by atoms with Crippen molar-refractivity contribution in [2.45, 2.75) is 43.9 Å². The van der Waals surface area contributed by atoms with Crippen LogP contribution < -0.4 is 10.6 Å². The molecule has 6 heteroatoms. The zero-order valence-corrected chi connectivity index (χ0v) is 15.0. The SMILES string of the molecule is CN=C(NCCc1ccccc1F)NC1CC2CCC1O2.I. The summed E-state index contributed by atoms with van der Waals surface area (Å²) in [7, 11) is 1.76. The Labute approximate surface area is 147 Å². The van der Waals surface area contributed by atoms with Gasteiger partial charge in [0.05, 0.1) is 18.2 Å². The van der Waals surface area contributed by atoms with Crippen LogP contribution in [0.2, 0.25) is 0 Å². The Morgan fingerprint density at radius 1 is 1.36 bits per heavy atom. The Morgan fingerprint density at radius 3 is 2.82 bits per heavy atom. The summed E-state index contributed by atoms with van der Waals surface area (Å²) in [6, 6.07) is 7.23. The highest BCUT2D eigenvalue weighted by atomic mass is 127. The van der Waals surface area contributed by atoms with Gasteiger partial charge < -0.3 is 15.4 Å². The molecule has 2 saturated heterocycles. The predicted octanol–water partition coefficient (Wildman–Crippen LogP) is 2.47. The fraction of sp³-hybridized carbons (Fsp3) is 0.562. The van der Waals surface area contributed by atoms with Crippen LogP contribution in [0.15, 0.2) is 29.3 Å². The topological polar surface area (TPSA) is 45.7 Å². The summed E-state index contributed by atoms with van der Waals surface area (Å²) >= 11 is 0. The third-order valence-electron chi connectivity index (χ3n) is 4.30. The molecule has 2 aliphatic rings. The van der Waals surface area contributed by atoms with Crippen LogP contribution in [0.3, 0.4) is 0 Å². The van der Waals surface area contributed by atoms with Gasteiger partial charge in [0.15, 0.2) is 5.96 Å². The Morgan fingerprint density at radius 2 is 2.18 bits per heavy atom. The fourth-order valence-electron chi connectivity index (χ4n) is 3.18. The monoisotopic (exact) mass is 419 g/mol. The molecule has 3 atom stereocenters. The van der Waals surface area contributed by atoms with Gasteiger partial charge >= 0.3 is 0 Å². The van der Waals surface area contributed by atoms with Gasteiger partial charge in [0, 0.05) is 13.6 Å². The Hall–Kier alpha value is -0.890. The third-order valence-corrected chi connectivity index (χ3v) is 4.30. The minimum atomic E-state index is -0.149. The van der Waals surface area contributed by atoms with Crippen LogP contribution in [0.25, 0.3) is 0 Å². The number of rotatable bonds is 4. The lowest BCUT2D eigenvalue weighted by Crippen LogP contribution is -2.47. The molecule has 2 fully saturated rings. The molecule has 22 heavy (non-hydrogen) atoms. The Balaban J connectivity index is 0.00000176. The van der Waals surface area contributed by atoms with Crippen molar-refractivity contribution < 1.29 is 9.13 Å². The molecule has 0 saturated carbocycles. The van der Waals surface area contributed by atoms with E-state index in [0.29, 0.717) is 31.2 Å². The minimum Gasteiger partial charge on any atom is -0.373 e. The molecular weight excluding hydrogens is 396 g/mol. The second-order valence-corrected chi connectivity index (χ2v) is 5.70. The Kier molecular flexibility index (Phi) is 6.43. The first-order chi connectivity index (χ1) is 10.3. The van der Waals surface area contributed by atoms with Crippen molar-refractivity contribution in [2.24, 2.45) is 4.99 Å². The lowest BCUT2D eigenvalue weighted by atomic mass is 9.96. The van der Waals surface area contributed by atoms with E-state index >= 15 is 0 Å². The van der Waals surface area contributed by atoms with E-state index < -0.39 is 0 Å². The maximum Gasteiger partial charge on any atom is 0.191 e. The quantitative estimate of drug-likeness (QED) is 0.448. The first kappa shape index (κ1) is 17.5. The van der Waals surface area contributed by atoms with E-state index in [1.807, 2.05) is 12.1 Å². The van der Waals surface area contributed by atoms with E-state index in [4.69, 9.17) is 4.74 Å². The molecule has 2 aliphatic heterocycles. The number of guanidine groups is 1. The van der Waals surface area contributed by atoms with E-state index in [-0.39, 0.29) is 29.8 Å². The molecule has 1 aromatic rings. The third kappa shape index (κ3) is 4.10. The normalized spacial score (nSPS) is 26.6. The standard InChI is InChI=1S/C16H22FN3O.HI/c1-18-16(20-14-10-12-6-7-15(14)21-12)19-9-8-11-4-2-3-5-13(11)17;/h2-5,12,14-15H,6-10H2,1H3,(H2,18,19,20);1H. The summed E-state index contributed by atoms with van der Waals surface area (Å²) in [4.78, 5) is 4.23. The van der Waals surface area contributed by atoms with Gasteiger partial charge in [0.1, 0.15) is 5.82 Å². The summed E-state index contributed by atoms with van der Waals surface area (Å²) in [6.07, 6.45) is 4.75. The molecule has 122 valence electrons. The van der Waals surface area contributed by atoms with Crippen LogP contribution in [-0.4, -0.2) is 37.8 Å². The smallest absolute Gasteiger partial charge is 0.191 e. The van der Waals surface area contributed by atoms with Gasteiger partial charge in [-0.2, -0.15) is 0 Å². The number of halogens is 2. The minimum absolute atomic E-state index is 0. The molecule has 3 rings (SSSR count). The van der Waals surface area contributed by atoms with Crippen molar-refractivity contribution in [1.29, 1.82) is 0 Å². The van der Waals surface area contributed by atoms with Crippen molar-refractivity contribution in [2.75, 3.05) is 13.6 Å². The Bertz CT molecular complexity index is 526. The fourth-order valence-corrected chi connectivity index (χ4v) is 3.18. The van der Waals surface area contributed by atoms with E-state index in [0.717, 1.165) is 24.4 Å². The average Bonchev–Trinajstić information content (AvgIpc) is 3.10. The molecule has 2 bridgehead atoms. The van der Waals surface area contributed by atoms with E-state index in [9.17, 15) is 4.39 Å². The molecule has 0 amide bonds. The van der Waals surface area contributed by atoms with Gasteiger partial charge in [-0.15, -0.1) is 24.0 Å². The van der Waals surface area contributed by atoms with Crippen LogP contribution in [0.1, 0.15) is 24.8 Å². The average molecular weight is 419 g/mol. The summed E-state index contributed by atoms with van der Waals surface area (Å²) in [5, 5.41) is 6.67. The second-order valence-electron chi connectivity index (χ2n) is 5.70. The number of fused-ring (bicyclic) bond motifs is 2. The molecule has 4 nitrogen and oxygen atoms in total. The zero-order chi connectivity index (χ0) is 14.7. The molecule has 3 unspecified atom stereocenters. The first-order valence-electron chi connectivity index (χ1n) is 7.62. The lowest BCUT2D eigenvalue weighted by molar-refractivity contribution is 0.0992. The molecule has 2 heterocycles. The molecule has 2 N–H and O–H groups in total. The number of hydrogen-bond donors (Lipinski definition) is 2. The van der Waals surface area contributed by atoms with Gasteiger partial charge in [-0.25, -0.2) is 4.39 Å². The first-order valence-corrected chi connectivity index (χ1v) is 7.62. The van der Waals surface area contributed by atoms with Crippen LogP contribution in [-0.2, 0) is 11.2 Å². The van der Waals surface area contributed by atoms with Gasteiger partial charge in [-0.05, 0) is 37.3 Å². The summed E-state index contributed by atoms with van der Waals surface area (Å²) in [5.74, 6) is 0.622. The number of nitrogens with one attached hydrogen (secondary N) is 2. The number of hydrogen-bond acceptors (Lipinski definition) is 2. The number of nitrogens with zero attached hydrogens (tertiary/aromatic N) is 1. The van der Waals surface area contributed by atoms with Gasteiger partial charge in [-0.1, -0.05) is 18.2 Å². The summed E-state index contributed by atoms with van der Waals surface area (Å²) in [5.41, 5.74) is 0.726. The van der Waals surface area contributed by atoms with E-state index in [1.165, 1.54) is 12.5 Å².